The first kappa shape index (κ1) is 18.3. The smallest absolute Gasteiger partial charge is 0.247 e. The number of thiophene rings is 1. The molecular weight excluding hydrogens is 368 g/mol. The van der Waals surface area contributed by atoms with Gasteiger partial charge in [-0.05, 0) is 23.3 Å². The normalized spacial score (nSPS) is 11.5. The van der Waals surface area contributed by atoms with E-state index in [0.29, 0.717) is 0 Å². The van der Waals surface area contributed by atoms with Gasteiger partial charge in [0.05, 0.1) is 12.5 Å². The summed E-state index contributed by atoms with van der Waals surface area (Å²) in [4.78, 5) is 13.6. The van der Waals surface area contributed by atoms with Crippen molar-refractivity contribution in [1.29, 1.82) is 0 Å². The Morgan fingerprint density at radius 1 is 0.923 bits per heavy atom. The molecule has 1 heterocycles. The maximum Gasteiger partial charge on any atom is 0.247 e. The number of nitrogens with two attached hydrogens (primary N) is 1. The Labute approximate surface area is 156 Å². The van der Waals surface area contributed by atoms with E-state index in [1.165, 1.54) is 6.07 Å². The lowest BCUT2D eigenvalue weighted by Gasteiger charge is -2.17. The van der Waals surface area contributed by atoms with Crippen LogP contribution in [0.25, 0.3) is 0 Å². The molecule has 0 aliphatic heterocycles. The second-order valence-corrected chi connectivity index (χ2v) is 8.69. The summed E-state index contributed by atoms with van der Waals surface area (Å²) in [7, 11) is -3.72. The fraction of sp³-hybridized carbons (Fsp3) is 0.105. The van der Waals surface area contributed by atoms with Crippen LogP contribution in [0.1, 0.15) is 21.9 Å². The summed E-state index contributed by atoms with van der Waals surface area (Å²) < 4.78 is 22.8. The van der Waals surface area contributed by atoms with E-state index in [1.54, 1.807) is 6.07 Å². The Bertz CT molecular complexity index is 944. The first-order valence-corrected chi connectivity index (χ1v) is 10.3. The molecule has 0 saturated carbocycles. The van der Waals surface area contributed by atoms with Crippen molar-refractivity contribution in [3.63, 3.8) is 0 Å². The fourth-order valence-corrected chi connectivity index (χ4v) is 4.39. The van der Waals surface area contributed by atoms with Crippen molar-refractivity contribution in [2.24, 2.45) is 5.14 Å². The number of hydrogen-bond donors (Lipinski definition) is 2. The maximum atomic E-state index is 12.9. The van der Waals surface area contributed by atoms with Crippen LogP contribution in [0.15, 0.2) is 77.0 Å². The number of carbonyl (C=O) groups excluding carboxylic acids is 1. The Morgan fingerprint density at radius 3 is 1.92 bits per heavy atom. The lowest BCUT2D eigenvalue weighted by atomic mass is 9.90. The van der Waals surface area contributed by atoms with Crippen molar-refractivity contribution in [2.75, 3.05) is 0 Å². The van der Waals surface area contributed by atoms with E-state index in [-0.39, 0.29) is 16.7 Å². The molecule has 0 aliphatic rings. The number of carbonyl (C=O) groups is 1. The minimum absolute atomic E-state index is 0.0874. The standard InChI is InChI=1S/C19H18N2O3S2/c20-26(23,24)17-12-11-16(25-17)13-21-19(22)18(14-7-3-1-4-8-14)15-9-5-2-6-10-15/h1-12,18H,13H2,(H,21,22)(H2,20,23,24). The van der Waals surface area contributed by atoms with Crippen LogP contribution in [0.4, 0.5) is 0 Å². The van der Waals surface area contributed by atoms with Gasteiger partial charge in [0.25, 0.3) is 0 Å². The van der Waals surface area contributed by atoms with Gasteiger partial charge in [0.1, 0.15) is 4.21 Å². The third-order valence-electron chi connectivity index (χ3n) is 3.88. The average molecular weight is 386 g/mol. The van der Waals surface area contributed by atoms with Crippen LogP contribution < -0.4 is 10.5 Å². The topological polar surface area (TPSA) is 89.3 Å². The summed E-state index contributed by atoms with van der Waals surface area (Å²) in [5, 5.41) is 8.02. The third kappa shape index (κ3) is 4.37. The fourth-order valence-electron chi connectivity index (χ4n) is 2.67. The van der Waals surface area contributed by atoms with E-state index in [4.69, 9.17) is 5.14 Å². The highest BCUT2D eigenvalue weighted by Gasteiger charge is 2.22. The first-order valence-electron chi connectivity index (χ1n) is 7.94. The molecule has 5 nitrogen and oxygen atoms in total. The predicted molar refractivity (Wildman–Crippen MR) is 102 cm³/mol. The number of primary sulfonamides is 1. The van der Waals surface area contributed by atoms with Gasteiger partial charge in [-0.15, -0.1) is 11.3 Å². The van der Waals surface area contributed by atoms with Crippen molar-refractivity contribution in [2.45, 2.75) is 16.7 Å². The Kier molecular flexibility index (Phi) is 5.51. The molecule has 0 unspecified atom stereocenters. The van der Waals surface area contributed by atoms with E-state index in [1.807, 2.05) is 60.7 Å². The maximum absolute atomic E-state index is 12.9. The SMILES string of the molecule is NS(=O)(=O)c1ccc(CNC(=O)C(c2ccccc2)c2ccccc2)s1. The van der Waals surface area contributed by atoms with Gasteiger partial charge in [-0.25, -0.2) is 13.6 Å². The Morgan fingerprint density at radius 2 is 1.46 bits per heavy atom. The number of benzene rings is 2. The molecule has 134 valence electrons. The van der Waals surface area contributed by atoms with Gasteiger partial charge in [-0.1, -0.05) is 60.7 Å². The van der Waals surface area contributed by atoms with Gasteiger partial charge in [0.2, 0.25) is 15.9 Å². The zero-order chi connectivity index (χ0) is 18.6. The van der Waals surface area contributed by atoms with Crippen LogP contribution in [0.5, 0.6) is 0 Å². The molecule has 3 N–H and O–H groups in total. The molecule has 0 radical (unpaired) electrons. The number of nitrogens with one attached hydrogen (secondary N) is 1. The van der Waals surface area contributed by atoms with E-state index in [0.717, 1.165) is 27.3 Å². The molecule has 0 saturated heterocycles. The van der Waals surface area contributed by atoms with Crippen LogP contribution >= 0.6 is 11.3 Å². The molecule has 0 fully saturated rings. The van der Waals surface area contributed by atoms with Crippen LogP contribution in [-0.2, 0) is 21.4 Å². The summed E-state index contributed by atoms with van der Waals surface area (Å²) in [5.74, 6) is -0.581. The zero-order valence-corrected chi connectivity index (χ0v) is 15.5. The second kappa shape index (κ2) is 7.82. The minimum Gasteiger partial charge on any atom is -0.350 e. The molecule has 0 aliphatic carbocycles. The van der Waals surface area contributed by atoms with E-state index in [2.05, 4.69) is 5.32 Å². The summed E-state index contributed by atoms with van der Waals surface area (Å²) in [6.07, 6.45) is 0. The van der Waals surface area contributed by atoms with E-state index in [9.17, 15) is 13.2 Å². The summed E-state index contributed by atoms with van der Waals surface area (Å²) in [5.41, 5.74) is 1.79. The lowest BCUT2D eigenvalue weighted by Crippen LogP contribution is -2.29. The average Bonchev–Trinajstić information content (AvgIpc) is 3.12. The van der Waals surface area contributed by atoms with Crippen molar-refractivity contribution in [1.82, 2.24) is 5.32 Å². The Hall–Kier alpha value is -2.48. The molecule has 2 aromatic carbocycles. The molecule has 7 heteroatoms. The predicted octanol–water partition coefficient (Wildman–Crippen LogP) is 2.84. The highest BCUT2D eigenvalue weighted by molar-refractivity contribution is 7.91. The van der Waals surface area contributed by atoms with Gasteiger partial charge in [-0.3, -0.25) is 4.79 Å². The zero-order valence-electron chi connectivity index (χ0n) is 13.8. The number of amides is 1. The molecule has 3 aromatic rings. The molecule has 3 rings (SSSR count). The molecule has 0 atom stereocenters. The van der Waals surface area contributed by atoms with Gasteiger partial charge < -0.3 is 5.32 Å². The molecule has 1 aromatic heterocycles. The van der Waals surface area contributed by atoms with Gasteiger partial charge in [-0.2, -0.15) is 0 Å². The summed E-state index contributed by atoms with van der Waals surface area (Å²) in [6.45, 7) is 0.245. The van der Waals surface area contributed by atoms with Crippen LogP contribution in [0, 0.1) is 0 Å². The largest absolute Gasteiger partial charge is 0.350 e. The monoisotopic (exact) mass is 386 g/mol. The molecule has 1 amide bonds. The highest BCUT2D eigenvalue weighted by Crippen LogP contribution is 2.25. The molecule has 0 spiro atoms. The molecular formula is C19H18N2O3S2. The number of sulfonamides is 1. The van der Waals surface area contributed by atoms with Gasteiger partial charge in [0, 0.05) is 4.88 Å². The van der Waals surface area contributed by atoms with Crippen molar-refractivity contribution >= 4 is 27.3 Å². The summed E-state index contributed by atoms with van der Waals surface area (Å²) in [6, 6.07) is 22.2. The quantitative estimate of drug-likeness (QED) is 0.683. The minimum atomic E-state index is -3.72. The van der Waals surface area contributed by atoms with Crippen LogP contribution in [-0.4, -0.2) is 14.3 Å². The highest BCUT2D eigenvalue weighted by atomic mass is 32.2. The third-order valence-corrected chi connectivity index (χ3v) is 6.41. The molecule has 0 bridgehead atoms. The summed E-state index contributed by atoms with van der Waals surface area (Å²) >= 11 is 1.06. The van der Waals surface area contributed by atoms with Crippen molar-refractivity contribution in [3.05, 3.63) is 88.8 Å². The lowest BCUT2D eigenvalue weighted by molar-refractivity contribution is -0.121. The van der Waals surface area contributed by atoms with Gasteiger partial charge in [0.15, 0.2) is 0 Å². The van der Waals surface area contributed by atoms with Crippen LogP contribution in [0.3, 0.4) is 0 Å². The molecule has 26 heavy (non-hydrogen) atoms. The first-order chi connectivity index (χ1) is 12.4. The van der Waals surface area contributed by atoms with Crippen LogP contribution in [0.2, 0.25) is 0 Å². The van der Waals surface area contributed by atoms with Gasteiger partial charge >= 0.3 is 0 Å². The van der Waals surface area contributed by atoms with Crippen molar-refractivity contribution < 1.29 is 13.2 Å². The number of rotatable bonds is 6. The Balaban J connectivity index is 1.79. The van der Waals surface area contributed by atoms with E-state index < -0.39 is 15.9 Å². The second-order valence-electron chi connectivity index (χ2n) is 5.74. The van der Waals surface area contributed by atoms with E-state index >= 15 is 0 Å². The van der Waals surface area contributed by atoms with Crippen molar-refractivity contribution in [3.8, 4) is 0 Å². The number of hydrogen-bond acceptors (Lipinski definition) is 4.